The van der Waals surface area contributed by atoms with Crippen molar-refractivity contribution in [2.24, 2.45) is 0 Å². The molecule has 1 aliphatic carbocycles. The molecule has 2 rings (SSSR count). The number of amides is 2. The molecule has 6 heteroatoms. The highest BCUT2D eigenvalue weighted by atomic mass is 16.4. The van der Waals surface area contributed by atoms with Crippen LogP contribution in [0.2, 0.25) is 0 Å². The van der Waals surface area contributed by atoms with Gasteiger partial charge in [-0.1, -0.05) is 18.9 Å². The summed E-state index contributed by atoms with van der Waals surface area (Å²) in [5.41, 5.74) is 0.333. The Hall–Kier alpha value is -2.11. The summed E-state index contributed by atoms with van der Waals surface area (Å²) in [6, 6.07) is 5.36. The van der Waals surface area contributed by atoms with E-state index in [0.29, 0.717) is 13.0 Å². The minimum Gasteiger partial charge on any atom is -0.481 e. The lowest BCUT2D eigenvalue weighted by atomic mass is 9.93. The molecule has 3 N–H and O–H groups in total. The number of hydrogen-bond acceptors (Lipinski definition) is 3. The van der Waals surface area contributed by atoms with Gasteiger partial charge in [-0.3, -0.25) is 9.78 Å². The van der Waals surface area contributed by atoms with Crippen LogP contribution in [0, 0.1) is 0 Å². The average molecular weight is 291 g/mol. The maximum absolute atomic E-state index is 11.9. The Morgan fingerprint density at radius 3 is 2.67 bits per heavy atom. The van der Waals surface area contributed by atoms with Crippen molar-refractivity contribution in [3.05, 3.63) is 30.1 Å². The van der Waals surface area contributed by atoms with Crippen LogP contribution >= 0.6 is 0 Å². The molecule has 0 radical (unpaired) electrons. The molecule has 1 saturated carbocycles. The van der Waals surface area contributed by atoms with Gasteiger partial charge in [0.05, 0.1) is 12.0 Å². The SMILES string of the molecule is O=C(O)CC1(NC(=O)NCCc2ccccn2)CCCC1. The van der Waals surface area contributed by atoms with Crippen molar-refractivity contribution < 1.29 is 14.7 Å². The third-order valence-corrected chi connectivity index (χ3v) is 3.82. The third kappa shape index (κ3) is 4.73. The second-order valence-corrected chi connectivity index (χ2v) is 5.51. The number of hydrogen-bond donors (Lipinski definition) is 3. The number of carbonyl (C=O) groups excluding carboxylic acids is 1. The molecule has 21 heavy (non-hydrogen) atoms. The van der Waals surface area contributed by atoms with E-state index in [4.69, 9.17) is 5.11 Å². The van der Waals surface area contributed by atoms with Crippen molar-refractivity contribution in [2.45, 2.75) is 44.1 Å². The first-order valence-corrected chi connectivity index (χ1v) is 7.27. The Kier molecular flexibility index (Phi) is 5.14. The fraction of sp³-hybridized carbons (Fsp3) is 0.533. The van der Waals surface area contributed by atoms with E-state index in [2.05, 4.69) is 15.6 Å². The second-order valence-electron chi connectivity index (χ2n) is 5.51. The summed E-state index contributed by atoms with van der Waals surface area (Å²) in [7, 11) is 0. The molecule has 0 aromatic carbocycles. The first kappa shape index (κ1) is 15.3. The number of aromatic nitrogens is 1. The second kappa shape index (κ2) is 7.06. The van der Waals surface area contributed by atoms with Gasteiger partial charge in [-0.15, -0.1) is 0 Å². The highest BCUT2D eigenvalue weighted by Crippen LogP contribution is 2.32. The summed E-state index contributed by atoms with van der Waals surface area (Å²) in [6.07, 6.45) is 5.74. The quantitative estimate of drug-likeness (QED) is 0.744. The summed E-state index contributed by atoms with van der Waals surface area (Å²) >= 11 is 0. The Bertz CT molecular complexity index is 484. The van der Waals surface area contributed by atoms with Gasteiger partial charge in [0.1, 0.15) is 0 Å². The molecule has 0 aliphatic heterocycles. The maximum atomic E-state index is 11.9. The molecule has 1 aromatic heterocycles. The standard InChI is InChI=1S/C15H21N3O3/c19-13(20)11-15(7-2-3-8-15)18-14(21)17-10-6-12-5-1-4-9-16-12/h1,4-5,9H,2-3,6-8,10-11H2,(H,19,20)(H2,17,18,21). The van der Waals surface area contributed by atoms with Gasteiger partial charge >= 0.3 is 12.0 Å². The van der Waals surface area contributed by atoms with Crippen molar-refractivity contribution in [2.75, 3.05) is 6.54 Å². The monoisotopic (exact) mass is 291 g/mol. The zero-order valence-electron chi connectivity index (χ0n) is 12.0. The number of urea groups is 1. The predicted molar refractivity (Wildman–Crippen MR) is 77.9 cm³/mol. The smallest absolute Gasteiger partial charge is 0.315 e. The minimum atomic E-state index is -0.870. The van der Waals surface area contributed by atoms with Crippen LogP contribution < -0.4 is 10.6 Å². The van der Waals surface area contributed by atoms with Gasteiger partial charge in [-0.2, -0.15) is 0 Å². The van der Waals surface area contributed by atoms with Crippen molar-refractivity contribution >= 4 is 12.0 Å². The number of rotatable bonds is 6. The molecule has 0 saturated heterocycles. The van der Waals surface area contributed by atoms with E-state index in [0.717, 1.165) is 31.4 Å². The molecular formula is C15H21N3O3. The summed E-state index contributed by atoms with van der Waals surface area (Å²) in [5.74, 6) is -0.870. The lowest BCUT2D eigenvalue weighted by molar-refractivity contribution is -0.138. The lowest BCUT2D eigenvalue weighted by Gasteiger charge is -2.28. The van der Waals surface area contributed by atoms with Gasteiger partial charge in [0, 0.05) is 24.9 Å². The summed E-state index contributed by atoms with van der Waals surface area (Å²) in [4.78, 5) is 27.1. The Balaban J connectivity index is 1.78. The predicted octanol–water partition coefficient (Wildman–Crippen LogP) is 1.71. The molecule has 1 heterocycles. The Labute approximate surface area is 124 Å². The molecule has 1 fully saturated rings. The molecular weight excluding hydrogens is 270 g/mol. The van der Waals surface area contributed by atoms with Gasteiger partial charge in [0.2, 0.25) is 0 Å². The number of aliphatic carboxylic acids is 1. The average Bonchev–Trinajstić information content (AvgIpc) is 2.87. The van der Waals surface area contributed by atoms with E-state index in [1.807, 2.05) is 18.2 Å². The molecule has 0 spiro atoms. The number of nitrogens with one attached hydrogen (secondary N) is 2. The van der Waals surface area contributed by atoms with Crippen LogP contribution in [-0.2, 0) is 11.2 Å². The Morgan fingerprint density at radius 1 is 1.29 bits per heavy atom. The molecule has 0 unspecified atom stereocenters. The lowest BCUT2D eigenvalue weighted by Crippen LogP contribution is -2.51. The summed E-state index contributed by atoms with van der Waals surface area (Å²) in [5, 5.41) is 14.6. The van der Waals surface area contributed by atoms with Gasteiger partial charge in [-0.25, -0.2) is 4.79 Å². The minimum absolute atomic E-state index is 0.0132. The van der Waals surface area contributed by atoms with Crippen LogP contribution in [0.5, 0.6) is 0 Å². The zero-order chi connectivity index (χ0) is 15.1. The number of carboxylic acids is 1. The van der Waals surface area contributed by atoms with Gasteiger partial charge in [-0.05, 0) is 25.0 Å². The van der Waals surface area contributed by atoms with Crippen molar-refractivity contribution in [3.8, 4) is 0 Å². The highest BCUT2D eigenvalue weighted by molar-refractivity contribution is 5.76. The van der Waals surface area contributed by atoms with Crippen molar-refractivity contribution in [1.82, 2.24) is 15.6 Å². The zero-order valence-corrected chi connectivity index (χ0v) is 12.0. The van der Waals surface area contributed by atoms with Crippen molar-refractivity contribution in [3.63, 3.8) is 0 Å². The van der Waals surface area contributed by atoms with Gasteiger partial charge in [0.15, 0.2) is 0 Å². The normalized spacial score (nSPS) is 16.4. The molecule has 1 aliphatic rings. The van der Waals surface area contributed by atoms with E-state index in [9.17, 15) is 9.59 Å². The third-order valence-electron chi connectivity index (χ3n) is 3.82. The van der Waals surface area contributed by atoms with E-state index in [-0.39, 0.29) is 12.5 Å². The number of pyridine rings is 1. The number of nitrogens with zero attached hydrogens (tertiary/aromatic N) is 1. The fourth-order valence-corrected chi connectivity index (χ4v) is 2.82. The van der Waals surface area contributed by atoms with Gasteiger partial charge in [0.25, 0.3) is 0 Å². The molecule has 2 amide bonds. The first-order chi connectivity index (χ1) is 10.1. The van der Waals surface area contributed by atoms with E-state index in [1.54, 1.807) is 6.20 Å². The van der Waals surface area contributed by atoms with Crippen LogP contribution in [0.3, 0.4) is 0 Å². The van der Waals surface area contributed by atoms with Crippen LogP contribution in [0.15, 0.2) is 24.4 Å². The fourth-order valence-electron chi connectivity index (χ4n) is 2.82. The van der Waals surface area contributed by atoms with Crippen LogP contribution in [-0.4, -0.2) is 34.2 Å². The molecule has 114 valence electrons. The molecule has 0 atom stereocenters. The number of carbonyl (C=O) groups is 2. The topological polar surface area (TPSA) is 91.3 Å². The summed E-state index contributed by atoms with van der Waals surface area (Å²) in [6.45, 7) is 0.478. The van der Waals surface area contributed by atoms with E-state index < -0.39 is 11.5 Å². The highest BCUT2D eigenvalue weighted by Gasteiger charge is 2.37. The van der Waals surface area contributed by atoms with E-state index >= 15 is 0 Å². The van der Waals surface area contributed by atoms with Crippen LogP contribution in [0.25, 0.3) is 0 Å². The van der Waals surface area contributed by atoms with Gasteiger partial charge < -0.3 is 15.7 Å². The Morgan fingerprint density at radius 2 is 2.05 bits per heavy atom. The largest absolute Gasteiger partial charge is 0.481 e. The summed E-state index contributed by atoms with van der Waals surface area (Å²) < 4.78 is 0. The first-order valence-electron chi connectivity index (χ1n) is 7.27. The maximum Gasteiger partial charge on any atom is 0.315 e. The van der Waals surface area contributed by atoms with Crippen LogP contribution in [0.4, 0.5) is 4.79 Å². The van der Waals surface area contributed by atoms with E-state index in [1.165, 1.54) is 0 Å². The van der Waals surface area contributed by atoms with Crippen LogP contribution in [0.1, 0.15) is 37.8 Å². The molecule has 0 bridgehead atoms. The van der Waals surface area contributed by atoms with Crippen molar-refractivity contribution in [1.29, 1.82) is 0 Å². The number of carboxylic acid groups (broad SMARTS) is 1. The molecule has 1 aromatic rings. The molecule has 6 nitrogen and oxygen atoms in total.